The molecule has 0 aromatic carbocycles. The van der Waals surface area contributed by atoms with Crippen molar-refractivity contribution in [3.8, 4) is 0 Å². The molecule has 0 bridgehead atoms. The number of aromatic nitrogens is 4. The van der Waals surface area contributed by atoms with Gasteiger partial charge in [-0.15, -0.1) is 22.7 Å². The minimum atomic E-state index is -0.166. The van der Waals surface area contributed by atoms with E-state index >= 15 is 0 Å². The van der Waals surface area contributed by atoms with E-state index in [1.165, 1.54) is 23.1 Å². The van der Waals surface area contributed by atoms with Gasteiger partial charge in [0.25, 0.3) is 11.1 Å². The van der Waals surface area contributed by atoms with E-state index in [2.05, 4.69) is 35.7 Å². The van der Waals surface area contributed by atoms with Crippen LogP contribution in [-0.4, -0.2) is 19.9 Å². The third-order valence-electron chi connectivity index (χ3n) is 5.82. The first kappa shape index (κ1) is 22.2. The molecule has 0 aliphatic rings. The maximum atomic E-state index is 12.9. The van der Waals surface area contributed by atoms with Gasteiger partial charge in [-0.3, -0.25) is 9.59 Å². The topological polar surface area (TPSA) is 91.5 Å². The standard InChI is InChI=1S/C22H26N4O2S3/c1-7-9(2)8-14-12(5)30-21-16(14)19(28)25-22(26-21)31-13(6)17-23-18(27)15-10(3)11(4)29-20(15)24-17/h9,13H,7-8H2,1-6H3,(H,23,24,27)(H,25,26,28). The van der Waals surface area contributed by atoms with Crippen LogP contribution >= 0.6 is 34.4 Å². The zero-order valence-electron chi connectivity index (χ0n) is 18.5. The molecule has 0 spiro atoms. The number of thiophene rings is 2. The lowest BCUT2D eigenvalue weighted by molar-refractivity contribution is 0.561. The molecule has 4 aromatic rings. The summed E-state index contributed by atoms with van der Waals surface area (Å²) in [7, 11) is 0. The Morgan fingerprint density at radius 3 is 2.29 bits per heavy atom. The predicted octanol–water partition coefficient (Wildman–Crippen LogP) is 5.65. The van der Waals surface area contributed by atoms with Crippen LogP contribution in [0.2, 0.25) is 0 Å². The molecule has 0 radical (unpaired) electrons. The fourth-order valence-corrected chi connectivity index (χ4v) is 6.64. The molecule has 2 unspecified atom stereocenters. The number of rotatable bonds is 6. The number of nitrogens with one attached hydrogen (secondary N) is 2. The lowest BCUT2D eigenvalue weighted by atomic mass is 9.98. The molecule has 9 heteroatoms. The third-order valence-corrected chi connectivity index (χ3v) is 8.96. The van der Waals surface area contributed by atoms with Gasteiger partial charge >= 0.3 is 0 Å². The number of thioether (sulfide) groups is 1. The van der Waals surface area contributed by atoms with E-state index in [-0.39, 0.29) is 16.4 Å². The number of fused-ring (bicyclic) bond motifs is 2. The molecule has 0 aliphatic carbocycles. The summed E-state index contributed by atoms with van der Waals surface area (Å²) in [6.45, 7) is 12.3. The molecule has 4 heterocycles. The van der Waals surface area contributed by atoms with E-state index in [1.54, 1.807) is 11.3 Å². The minimum absolute atomic E-state index is 0.0937. The van der Waals surface area contributed by atoms with Crippen LogP contribution in [0.15, 0.2) is 14.7 Å². The maximum Gasteiger partial charge on any atom is 0.260 e. The summed E-state index contributed by atoms with van der Waals surface area (Å²) in [6.07, 6.45) is 1.97. The lowest BCUT2D eigenvalue weighted by Crippen LogP contribution is -2.14. The number of nitrogens with zero attached hydrogens (tertiary/aromatic N) is 2. The average Bonchev–Trinajstić information content (AvgIpc) is 3.17. The summed E-state index contributed by atoms with van der Waals surface area (Å²) in [5.74, 6) is 1.11. The van der Waals surface area contributed by atoms with Crippen LogP contribution in [0.25, 0.3) is 20.4 Å². The van der Waals surface area contributed by atoms with Crippen molar-refractivity contribution in [2.24, 2.45) is 5.92 Å². The molecule has 164 valence electrons. The van der Waals surface area contributed by atoms with Crippen LogP contribution in [0, 0.1) is 26.7 Å². The Labute approximate surface area is 192 Å². The molecule has 4 aromatic heterocycles. The number of hydrogen-bond donors (Lipinski definition) is 2. The average molecular weight is 475 g/mol. The van der Waals surface area contributed by atoms with Gasteiger partial charge in [0.1, 0.15) is 15.5 Å². The molecule has 6 nitrogen and oxygen atoms in total. The first-order chi connectivity index (χ1) is 14.7. The van der Waals surface area contributed by atoms with Crippen LogP contribution < -0.4 is 11.1 Å². The van der Waals surface area contributed by atoms with Crippen molar-refractivity contribution in [2.45, 2.75) is 64.8 Å². The monoisotopic (exact) mass is 474 g/mol. The molecule has 0 amide bonds. The second kappa shape index (κ2) is 8.52. The predicted molar refractivity (Wildman–Crippen MR) is 132 cm³/mol. The Kier molecular flexibility index (Phi) is 6.11. The molecular weight excluding hydrogens is 448 g/mol. The van der Waals surface area contributed by atoms with Crippen LogP contribution in [0.4, 0.5) is 0 Å². The number of aryl methyl sites for hydroxylation is 3. The summed E-state index contributed by atoms with van der Waals surface area (Å²) in [4.78, 5) is 44.6. The second-order valence-electron chi connectivity index (χ2n) is 8.08. The Morgan fingerprint density at radius 2 is 1.58 bits per heavy atom. The summed E-state index contributed by atoms with van der Waals surface area (Å²) in [5, 5.41) is 1.76. The lowest BCUT2D eigenvalue weighted by Gasteiger charge is -2.10. The van der Waals surface area contributed by atoms with E-state index in [1.807, 2.05) is 20.8 Å². The second-order valence-corrected chi connectivity index (χ2v) is 11.8. The van der Waals surface area contributed by atoms with Gasteiger partial charge in [0.05, 0.1) is 16.0 Å². The highest BCUT2D eigenvalue weighted by atomic mass is 32.2. The van der Waals surface area contributed by atoms with Crippen LogP contribution in [0.3, 0.4) is 0 Å². The Balaban J connectivity index is 1.68. The Bertz CT molecular complexity index is 1400. The van der Waals surface area contributed by atoms with Gasteiger partial charge in [0.15, 0.2) is 5.16 Å². The van der Waals surface area contributed by atoms with Gasteiger partial charge in [-0.25, -0.2) is 9.97 Å². The quantitative estimate of drug-likeness (QED) is 0.278. The van der Waals surface area contributed by atoms with Gasteiger partial charge in [-0.1, -0.05) is 32.0 Å². The van der Waals surface area contributed by atoms with Crippen molar-refractivity contribution in [3.05, 3.63) is 47.4 Å². The summed E-state index contributed by atoms with van der Waals surface area (Å²) in [6, 6.07) is 0. The first-order valence-corrected chi connectivity index (χ1v) is 12.9. The van der Waals surface area contributed by atoms with Crippen molar-refractivity contribution in [3.63, 3.8) is 0 Å². The van der Waals surface area contributed by atoms with Crippen molar-refractivity contribution >= 4 is 54.9 Å². The molecule has 2 N–H and O–H groups in total. The molecule has 4 rings (SSSR count). The van der Waals surface area contributed by atoms with E-state index in [9.17, 15) is 9.59 Å². The Hall–Kier alpha value is -1.97. The van der Waals surface area contributed by atoms with Gasteiger partial charge < -0.3 is 9.97 Å². The van der Waals surface area contributed by atoms with Crippen molar-refractivity contribution in [2.75, 3.05) is 0 Å². The normalized spacial score (nSPS) is 13.9. The number of H-pyrrole nitrogens is 2. The molecule has 31 heavy (non-hydrogen) atoms. The van der Waals surface area contributed by atoms with Crippen LogP contribution in [0.5, 0.6) is 0 Å². The summed E-state index contributed by atoms with van der Waals surface area (Å²) >= 11 is 4.51. The highest BCUT2D eigenvalue weighted by Gasteiger charge is 2.20. The zero-order valence-corrected chi connectivity index (χ0v) is 21.0. The third kappa shape index (κ3) is 4.10. The van der Waals surface area contributed by atoms with E-state index < -0.39 is 0 Å². The highest BCUT2D eigenvalue weighted by Crippen LogP contribution is 2.35. The molecule has 2 atom stereocenters. The van der Waals surface area contributed by atoms with Gasteiger partial charge in [0.2, 0.25) is 0 Å². The van der Waals surface area contributed by atoms with E-state index in [4.69, 9.17) is 4.98 Å². The van der Waals surface area contributed by atoms with Gasteiger partial charge in [-0.05, 0) is 51.2 Å². The minimum Gasteiger partial charge on any atom is -0.309 e. The molecule has 0 fully saturated rings. The fourth-order valence-electron chi connectivity index (χ4n) is 3.64. The van der Waals surface area contributed by atoms with Crippen molar-refractivity contribution < 1.29 is 0 Å². The smallest absolute Gasteiger partial charge is 0.260 e. The summed E-state index contributed by atoms with van der Waals surface area (Å²) < 4.78 is 0. The molecule has 0 saturated carbocycles. The van der Waals surface area contributed by atoms with Crippen molar-refractivity contribution in [1.82, 2.24) is 19.9 Å². The van der Waals surface area contributed by atoms with Crippen LogP contribution in [0.1, 0.15) is 59.1 Å². The van der Waals surface area contributed by atoms with Gasteiger partial charge in [-0.2, -0.15) is 0 Å². The SMILES string of the molecule is CCC(C)Cc1c(C)sc2nc(SC(C)c3nc4sc(C)c(C)c4c(=O)[nH]3)[nH]c(=O)c12. The highest BCUT2D eigenvalue weighted by molar-refractivity contribution is 7.99. The van der Waals surface area contributed by atoms with Gasteiger partial charge in [0, 0.05) is 9.75 Å². The first-order valence-electron chi connectivity index (χ1n) is 10.4. The van der Waals surface area contributed by atoms with E-state index in [0.717, 1.165) is 48.8 Å². The molecule has 0 saturated heterocycles. The largest absolute Gasteiger partial charge is 0.309 e. The number of aromatic amines is 2. The van der Waals surface area contributed by atoms with Crippen molar-refractivity contribution in [1.29, 1.82) is 0 Å². The Morgan fingerprint density at radius 1 is 0.935 bits per heavy atom. The van der Waals surface area contributed by atoms with Crippen LogP contribution in [-0.2, 0) is 6.42 Å². The maximum absolute atomic E-state index is 12.9. The molecular formula is C22H26N4O2S3. The fraction of sp³-hybridized carbons (Fsp3) is 0.455. The zero-order chi connectivity index (χ0) is 22.4. The summed E-state index contributed by atoms with van der Waals surface area (Å²) in [5.41, 5.74) is 1.89. The molecule has 0 aliphatic heterocycles. The van der Waals surface area contributed by atoms with E-state index in [0.29, 0.717) is 22.3 Å². The number of hydrogen-bond acceptors (Lipinski definition) is 7.